The summed E-state index contributed by atoms with van der Waals surface area (Å²) >= 11 is 1.18. The van der Waals surface area contributed by atoms with Crippen molar-refractivity contribution in [3.05, 3.63) is 36.1 Å². The molecule has 8 heteroatoms. The first kappa shape index (κ1) is 20.4. The molecule has 7 nitrogen and oxygen atoms in total. The predicted molar refractivity (Wildman–Crippen MR) is 102 cm³/mol. The molecule has 0 fully saturated rings. The van der Waals surface area contributed by atoms with Crippen LogP contribution in [-0.4, -0.2) is 45.6 Å². The second-order valence-electron chi connectivity index (χ2n) is 6.29. The number of aliphatic imine (C=N–C) groups is 1. The Kier molecular flexibility index (Phi) is 6.80. The zero-order chi connectivity index (χ0) is 19.3. The molecule has 0 spiro atoms. The molecule has 0 saturated heterocycles. The summed E-state index contributed by atoms with van der Waals surface area (Å²) in [6.45, 7) is 7.07. The van der Waals surface area contributed by atoms with E-state index in [1.165, 1.54) is 18.7 Å². The average Bonchev–Trinajstić information content (AvgIpc) is 2.98. The van der Waals surface area contributed by atoms with Crippen LogP contribution in [0.1, 0.15) is 33.1 Å². The number of carbonyl (C=O) groups is 2. The summed E-state index contributed by atoms with van der Waals surface area (Å²) in [5.41, 5.74) is 5.48. The fourth-order valence-electron chi connectivity index (χ4n) is 2.68. The molecule has 26 heavy (non-hydrogen) atoms. The van der Waals surface area contributed by atoms with Gasteiger partial charge in [-0.25, -0.2) is 4.99 Å². The van der Waals surface area contributed by atoms with Gasteiger partial charge in [0, 0.05) is 12.7 Å². The molecule has 2 aliphatic rings. The molecule has 0 aromatic rings. The van der Waals surface area contributed by atoms with Crippen LogP contribution in [-0.2, 0) is 14.3 Å². The van der Waals surface area contributed by atoms with Gasteiger partial charge >= 0.3 is 0 Å². The van der Waals surface area contributed by atoms with Crippen molar-refractivity contribution in [1.82, 2.24) is 5.32 Å². The summed E-state index contributed by atoms with van der Waals surface area (Å²) in [5.74, 6) is -0.00651. The molecule has 3 atom stereocenters. The standard InChI is InChI=1S/C18H25N3O4S/c1-4-6-12-8-14(25-15(23)9-12)13(7-5-2)20-17(24)18(19)10-26-16(21-18)11(3)22/h4,8-9,13,15,23H,1,5-7,10,19H2,2-3H3,(H,20,24)/t13-,15?,18+/m1/s1. The van der Waals surface area contributed by atoms with E-state index in [0.29, 0.717) is 18.6 Å². The molecule has 2 heterocycles. The van der Waals surface area contributed by atoms with Gasteiger partial charge in [-0.05, 0) is 30.6 Å². The van der Waals surface area contributed by atoms with Crippen molar-refractivity contribution in [2.24, 2.45) is 10.7 Å². The third-order valence-electron chi connectivity index (χ3n) is 3.97. The molecule has 1 amide bonds. The van der Waals surface area contributed by atoms with E-state index in [2.05, 4.69) is 16.9 Å². The van der Waals surface area contributed by atoms with Crippen molar-refractivity contribution < 1.29 is 19.4 Å². The number of nitrogens with zero attached hydrogens (tertiary/aromatic N) is 1. The lowest BCUT2D eigenvalue weighted by Crippen LogP contribution is -2.56. The van der Waals surface area contributed by atoms with Crippen molar-refractivity contribution in [2.75, 3.05) is 5.75 Å². The minimum absolute atomic E-state index is 0.205. The third-order valence-corrected chi connectivity index (χ3v) is 5.21. The van der Waals surface area contributed by atoms with Gasteiger partial charge in [-0.1, -0.05) is 31.2 Å². The number of rotatable bonds is 8. The molecule has 4 N–H and O–H groups in total. The molecule has 2 aliphatic heterocycles. The molecule has 0 saturated carbocycles. The zero-order valence-electron chi connectivity index (χ0n) is 15.0. The second-order valence-corrected chi connectivity index (χ2v) is 7.25. The molecule has 0 aromatic carbocycles. The Hall–Kier alpha value is -1.90. The van der Waals surface area contributed by atoms with Crippen LogP contribution in [0.2, 0.25) is 0 Å². The zero-order valence-corrected chi connectivity index (χ0v) is 15.8. The van der Waals surface area contributed by atoms with Gasteiger partial charge in [-0.2, -0.15) is 0 Å². The predicted octanol–water partition coefficient (Wildman–Crippen LogP) is 1.40. The monoisotopic (exact) mass is 379 g/mol. The lowest BCUT2D eigenvalue weighted by Gasteiger charge is -2.29. The minimum atomic E-state index is -1.48. The summed E-state index contributed by atoms with van der Waals surface area (Å²) in [5, 5.41) is 13.0. The summed E-state index contributed by atoms with van der Waals surface area (Å²) in [6, 6.07) is -0.447. The van der Waals surface area contributed by atoms with Gasteiger partial charge < -0.3 is 15.2 Å². The Bertz CT molecular complexity index is 686. The van der Waals surface area contributed by atoms with Gasteiger partial charge in [-0.3, -0.25) is 15.3 Å². The van der Waals surface area contributed by atoms with Gasteiger partial charge in [0.05, 0.1) is 6.04 Å². The first-order chi connectivity index (χ1) is 12.3. The van der Waals surface area contributed by atoms with Crippen LogP contribution in [0.25, 0.3) is 0 Å². The van der Waals surface area contributed by atoms with E-state index in [1.807, 2.05) is 6.92 Å². The Morgan fingerprint density at radius 2 is 2.38 bits per heavy atom. The fourth-order valence-corrected chi connectivity index (χ4v) is 3.66. The highest BCUT2D eigenvalue weighted by molar-refractivity contribution is 8.16. The maximum Gasteiger partial charge on any atom is 0.264 e. The van der Waals surface area contributed by atoms with E-state index in [-0.39, 0.29) is 16.6 Å². The van der Waals surface area contributed by atoms with Crippen molar-refractivity contribution in [2.45, 2.75) is 51.1 Å². The number of hydrogen-bond acceptors (Lipinski definition) is 7. The van der Waals surface area contributed by atoms with Gasteiger partial charge in [-0.15, -0.1) is 6.58 Å². The highest BCUT2D eigenvalue weighted by Gasteiger charge is 2.41. The molecule has 0 bridgehead atoms. The van der Waals surface area contributed by atoms with Crippen LogP contribution in [0.3, 0.4) is 0 Å². The van der Waals surface area contributed by atoms with E-state index in [9.17, 15) is 14.7 Å². The van der Waals surface area contributed by atoms with Crippen molar-refractivity contribution in [1.29, 1.82) is 0 Å². The van der Waals surface area contributed by atoms with E-state index >= 15 is 0 Å². The topological polar surface area (TPSA) is 114 Å². The van der Waals surface area contributed by atoms with Gasteiger partial charge in [0.15, 0.2) is 11.4 Å². The lowest BCUT2D eigenvalue weighted by atomic mass is 10.0. The fraction of sp³-hybridized carbons (Fsp3) is 0.500. The number of hydrogen-bond donors (Lipinski definition) is 3. The molecule has 0 aromatic heterocycles. The van der Waals surface area contributed by atoms with Crippen LogP contribution in [0, 0.1) is 0 Å². The number of nitrogens with two attached hydrogens (primary N) is 1. The van der Waals surface area contributed by atoms with Gasteiger partial charge in [0.2, 0.25) is 6.29 Å². The van der Waals surface area contributed by atoms with Crippen molar-refractivity contribution >= 4 is 28.5 Å². The summed E-state index contributed by atoms with van der Waals surface area (Å²) in [7, 11) is 0. The third kappa shape index (κ3) is 4.84. The van der Waals surface area contributed by atoms with Gasteiger partial charge in [0.25, 0.3) is 5.91 Å². The number of thioether (sulfide) groups is 1. The normalized spacial score (nSPS) is 26.2. The van der Waals surface area contributed by atoms with Crippen LogP contribution < -0.4 is 11.1 Å². The number of Topliss-reactive ketones (excluding diaryl/α,β-unsaturated/α-hetero) is 1. The average molecular weight is 379 g/mol. The molecule has 2 rings (SSSR count). The number of nitrogens with one attached hydrogen (secondary N) is 1. The maximum atomic E-state index is 12.7. The SMILES string of the molecule is C=CCC1=CC(O)OC([C@@H](CCC)NC(=O)[C@]2(N)CSC(C(C)=O)=N2)=C1. The summed E-state index contributed by atoms with van der Waals surface area (Å²) in [6.07, 6.45) is 6.03. The van der Waals surface area contributed by atoms with Crippen LogP contribution in [0.15, 0.2) is 41.1 Å². The smallest absolute Gasteiger partial charge is 0.264 e. The molecular weight excluding hydrogens is 354 g/mol. The van der Waals surface area contributed by atoms with Gasteiger partial charge in [0.1, 0.15) is 10.8 Å². The van der Waals surface area contributed by atoms with Crippen LogP contribution in [0.4, 0.5) is 0 Å². The second kappa shape index (κ2) is 8.66. The Labute approximate surface area is 157 Å². The number of aliphatic hydroxyl groups is 1. The Balaban J connectivity index is 2.18. The highest BCUT2D eigenvalue weighted by atomic mass is 32.2. The number of carbonyl (C=O) groups excluding carboxylic acids is 2. The lowest BCUT2D eigenvalue weighted by molar-refractivity contribution is -0.126. The summed E-state index contributed by atoms with van der Waals surface area (Å²) < 4.78 is 5.49. The van der Waals surface area contributed by atoms with E-state index < -0.39 is 23.9 Å². The van der Waals surface area contributed by atoms with Crippen LogP contribution >= 0.6 is 11.8 Å². The maximum absolute atomic E-state index is 12.7. The van der Waals surface area contributed by atoms with E-state index in [4.69, 9.17) is 10.5 Å². The van der Waals surface area contributed by atoms with E-state index in [1.54, 1.807) is 18.2 Å². The number of amides is 1. The molecule has 142 valence electrons. The summed E-state index contributed by atoms with van der Waals surface area (Å²) in [4.78, 5) is 28.3. The van der Waals surface area contributed by atoms with Crippen molar-refractivity contribution in [3.8, 4) is 0 Å². The highest BCUT2D eigenvalue weighted by Crippen LogP contribution is 2.26. The molecule has 0 radical (unpaired) electrons. The number of ketones is 1. The molecule has 0 aliphatic carbocycles. The Morgan fingerprint density at radius 1 is 1.65 bits per heavy atom. The molecule has 1 unspecified atom stereocenters. The minimum Gasteiger partial charge on any atom is -0.464 e. The van der Waals surface area contributed by atoms with Crippen LogP contribution in [0.5, 0.6) is 0 Å². The number of aliphatic hydroxyl groups excluding tert-OH is 1. The first-order valence-electron chi connectivity index (χ1n) is 8.50. The number of allylic oxidation sites excluding steroid dienone is 3. The quantitative estimate of drug-likeness (QED) is 0.549. The molecular formula is C18H25N3O4S. The first-order valence-corrected chi connectivity index (χ1v) is 9.49. The largest absolute Gasteiger partial charge is 0.464 e. The number of ether oxygens (including phenoxy) is 1. The Morgan fingerprint density at radius 3 is 2.96 bits per heavy atom. The van der Waals surface area contributed by atoms with Crippen molar-refractivity contribution in [3.63, 3.8) is 0 Å². The van der Waals surface area contributed by atoms with E-state index in [0.717, 1.165) is 12.0 Å².